The van der Waals surface area contributed by atoms with E-state index >= 15 is 0 Å². The third-order valence-corrected chi connectivity index (χ3v) is 4.53. The van der Waals surface area contributed by atoms with Crippen LogP contribution in [0.4, 0.5) is 0 Å². The lowest BCUT2D eigenvalue weighted by atomic mass is 10.0. The van der Waals surface area contributed by atoms with Gasteiger partial charge in [-0.25, -0.2) is 0 Å². The zero-order chi connectivity index (χ0) is 16.0. The first kappa shape index (κ1) is 19.4. The van der Waals surface area contributed by atoms with Gasteiger partial charge in [-0.2, -0.15) is 5.90 Å². The van der Waals surface area contributed by atoms with Crippen molar-refractivity contribution in [3.63, 3.8) is 0 Å². The molecule has 0 spiro atoms. The Bertz CT molecular complexity index is 284. The first-order chi connectivity index (χ1) is 10.8. The predicted octanol–water partition coefficient (Wildman–Crippen LogP) is 4.65. The maximum absolute atomic E-state index is 10.8. The van der Waals surface area contributed by atoms with E-state index in [1.54, 1.807) is 0 Å². The Labute approximate surface area is 136 Å². The number of hydrogen-bond donors (Lipinski definition) is 1. The number of carbonyl (C=O) groups excluding carboxylic acids is 1. The summed E-state index contributed by atoms with van der Waals surface area (Å²) >= 11 is 0. The van der Waals surface area contributed by atoms with Crippen molar-refractivity contribution in [1.82, 2.24) is 0 Å². The number of ether oxygens (including phenoxy) is 1. The lowest BCUT2D eigenvalue weighted by molar-refractivity contribution is -0.144. The molecular formula is C18H35NO3. The van der Waals surface area contributed by atoms with E-state index in [4.69, 9.17) is 10.6 Å². The molecule has 130 valence electrons. The molecule has 0 aliphatic carbocycles. The summed E-state index contributed by atoms with van der Waals surface area (Å²) in [5.74, 6) is 4.49. The minimum absolute atomic E-state index is 0.302. The van der Waals surface area contributed by atoms with Crippen LogP contribution >= 0.6 is 0 Å². The highest BCUT2D eigenvalue weighted by Crippen LogP contribution is 2.31. The molecule has 0 amide bonds. The molecule has 2 atom stereocenters. The molecule has 0 saturated carbocycles. The largest absolute Gasteiger partial charge is 0.373 e. The predicted molar refractivity (Wildman–Crippen MR) is 89.3 cm³/mol. The highest BCUT2D eigenvalue weighted by Gasteiger charge is 2.36. The third-order valence-electron chi connectivity index (χ3n) is 4.53. The van der Waals surface area contributed by atoms with Crippen molar-refractivity contribution in [1.29, 1.82) is 0 Å². The quantitative estimate of drug-likeness (QED) is 0.271. The minimum atomic E-state index is -0.302. The fourth-order valence-corrected chi connectivity index (χ4v) is 3.02. The van der Waals surface area contributed by atoms with Gasteiger partial charge in [0.25, 0.3) is 0 Å². The van der Waals surface area contributed by atoms with Gasteiger partial charge in [0, 0.05) is 6.42 Å². The number of rotatable bonds is 15. The highest BCUT2D eigenvalue weighted by molar-refractivity contribution is 5.68. The Morgan fingerprint density at radius 3 is 1.91 bits per heavy atom. The Morgan fingerprint density at radius 1 is 0.864 bits per heavy atom. The SMILES string of the molecule is CCCCCCCCC1OC1CCCCCCCC(=O)ON. The van der Waals surface area contributed by atoms with Crippen molar-refractivity contribution >= 4 is 5.97 Å². The summed E-state index contributed by atoms with van der Waals surface area (Å²) in [4.78, 5) is 15.0. The average Bonchev–Trinajstić information content (AvgIpc) is 3.28. The molecule has 0 aromatic heterocycles. The van der Waals surface area contributed by atoms with E-state index in [1.165, 1.54) is 70.6 Å². The van der Waals surface area contributed by atoms with Crippen LogP contribution in [0, 0.1) is 0 Å². The van der Waals surface area contributed by atoms with Gasteiger partial charge in [-0.05, 0) is 19.3 Å². The number of epoxide rings is 1. The van der Waals surface area contributed by atoms with Crippen LogP contribution in [0.3, 0.4) is 0 Å². The van der Waals surface area contributed by atoms with Crippen LogP contribution in [-0.4, -0.2) is 18.2 Å². The molecule has 2 N–H and O–H groups in total. The molecular weight excluding hydrogens is 278 g/mol. The second-order valence-corrected chi connectivity index (χ2v) is 6.57. The van der Waals surface area contributed by atoms with Crippen LogP contribution in [0.2, 0.25) is 0 Å². The molecule has 1 aliphatic rings. The average molecular weight is 313 g/mol. The van der Waals surface area contributed by atoms with Crippen LogP contribution in [0.1, 0.15) is 96.8 Å². The standard InChI is InChI=1S/C18H35NO3/c1-2-3-4-5-7-10-13-16-17(21-16)14-11-8-6-9-12-15-18(20)22-19/h16-17H,2-15,19H2,1H3. The van der Waals surface area contributed by atoms with Crippen LogP contribution in [0.5, 0.6) is 0 Å². The summed E-state index contributed by atoms with van der Waals surface area (Å²) < 4.78 is 5.74. The molecule has 0 aromatic carbocycles. The number of carbonyl (C=O) groups is 1. The maximum Gasteiger partial charge on any atom is 0.324 e. The van der Waals surface area contributed by atoms with Crippen molar-refractivity contribution < 1.29 is 14.4 Å². The fraction of sp³-hybridized carbons (Fsp3) is 0.944. The van der Waals surface area contributed by atoms with Gasteiger partial charge in [0.05, 0.1) is 12.2 Å². The van der Waals surface area contributed by atoms with Gasteiger partial charge in [0.2, 0.25) is 0 Å². The molecule has 0 bridgehead atoms. The summed E-state index contributed by atoms with van der Waals surface area (Å²) in [5.41, 5.74) is 0. The molecule has 1 heterocycles. The summed E-state index contributed by atoms with van der Waals surface area (Å²) in [6.45, 7) is 2.26. The topological polar surface area (TPSA) is 64.8 Å². The second kappa shape index (κ2) is 12.9. The summed E-state index contributed by atoms with van der Waals surface area (Å²) in [6.07, 6.45) is 17.9. The summed E-state index contributed by atoms with van der Waals surface area (Å²) in [6, 6.07) is 0. The molecule has 2 unspecified atom stereocenters. The maximum atomic E-state index is 10.8. The fourth-order valence-electron chi connectivity index (χ4n) is 3.02. The van der Waals surface area contributed by atoms with Crippen molar-refractivity contribution in [3.05, 3.63) is 0 Å². The normalized spacial score (nSPS) is 20.1. The smallest absolute Gasteiger partial charge is 0.324 e. The molecule has 1 fully saturated rings. The van der Waals surface area contributed by atoms with E-state index in [9.17, 15) is 4.79 Å². The van der Waals surface area contributed by atoms with E-state index in [-0.39, 0.29) is 5.97 Å². The highest BCUT2D eigenvalue weighted by atomic mass is 16.7. The van der Waals surface area contributed by atoms with E-state index < -0.39 is 0 Å². The van der Waals surface area contributed by atoms with Gasteiger partial charge in [0.15, 0.2) is 0 Å². The van der Waals surface area contributed by atoms with Crippen LogP contribution in [0.15, 0.2) is 0 Å². The van der Waals surface area contributed by atoms with E-state index in [1.807, 2.05) is 0 Å². The zero-order valence-electron chi connectivity index (χ0n) is 14.4. The van der Waals surface area contributed by atoms with Crippen molar-refractivity contribution in [2.24, 2.45) is 5.90 Å². The molecule has 4 nitrogen and oxygen atoms in total. The van der Waals surface area contributed by atoms with Gasteiger partial charge >= 0.3 is 5.97 Å². The van der Waals surface area contributed by atoms with Gasteiger partial charge < -0.3 is 9.57 Å². The summed E-state index contributed by atoms with van der Waals surface area (Å²) in [7, 11) is 0. The minimum Gasteiger partial charge on any atom is -0.373 e. The molecule has 0 radical (unpaired) electrons. The van der Waals surface area contributed by atoms with Gasteiger partial charge in [-0.3, -0.25) is 4.79 Å². The monoisotopic (exact) mass is 313 g/mol. The molecule has 4 heteroatoms. The third kappa shape index (κ3) is 10.2. The van der Waals surface area contributed by atoms with Crippen LogP contribution in [-0.2, 0) is 14.4 Å². The number of hydrogen-bond acceptors (Lipinski definition) is 4. The van der Waals surface area contributed by atoms with Crippen molar-refractivity contribution in [3.8, 4) is 0 Å². The first-order valence-electron chi connectivity index (χ1n) is 9.33. The molecule has 1 aliphatic heterocycles. The Balaban J connectivity index is 1.77. The van der Waals surface area contributed by atoms with E-state index in [0.717, 1.165) is 12.8 Å². The first-order valence-corrected chi connectivity index (χ1v) is 9.33. The van der Waals surface area contributed by atoms with Gasteiger partial charge in [-0.15, -0.1) is 0 Å². The van der Waals surface area contributed by atoms with E-state index in [2.05, 4.69) is 11.8 Å². The molecule has 1 saturated heterocycles. The van der Waals surface area contributed by atoms with Crippen LogP contribution in [0.25, 0.3) is 0 Å². The van der Waals surface area contributed by atoms with Crippen molar-refractivity contribution in [2.45, 2.75) is 109 Å². The number of unbranched alkanes of at least 4 members (excludes halogenated alkanes) is 9. The van der Waals surface area contributed by atoms with E-state index in [0.29, 0.717) is 18.6 Å². The Morgan fingerprint density at radius 2 is 1.36 bits per heavy atom. The number of nitrogens with two attached hydrogens (primary N) is 1. The molecule has 0 aromatic rings. The summed E-state index contributed by atoms with van der Waals surface area (Å²) in [5, 5.41) is 0. The zero-order valence-corrected chi connectivity index (χ0v) is 14.4. The van der Waals surface area contributed by atoms with Gasteiger partial charge in [-0.1, -0.05) is 71.1 Å². The Kier molecular flexibility index (Phi) is 11.4. The van der Waals surface area contributed by atoms with Gasteiger partial charge in [0.1, 0.15) is 0 Å². The lowest BCUT2D eigenvalue weighted by Gasteiger charge is -2.00. The van der Waals surface area contributed by atoms with Crippen LogP contribution < -0.4 is 5.90 Å². The second-order valence-electron chi connectivity index (χ2n) is 6.57. The Hall–Kier alpha value is -0.610. The lowest BCUT2D eigenvalue weighted by Crippen LogP contribution is -2.08. The van der Waals surface area contributed by atoms with Crippen molar-refractivity contribution in [2.75, 3.05) is 0 Å². The molecule has 1 rings (SSSR count). The molecule has 22 heavy (non-hydrogen) atoms.